The zero-order valence-corrected chi connectivity index (χ0v) is 20.7. The predicted octanol–water partition coefficient (Wildman–Crippen LogP) is 4.49. The number of fused-ring (bicyclic) bond motifs is 5. The molecule has 184 valence electrons. The lowest BCUT2D eigenvalue weighted by atomic mass is 9.83. The Bertz CT molecular complexity index is 1530. The van der Waals surface area contributed by atoms with E-state index in [9.17, 15) is 19.2 Å². The maximum Gasteiger partial charge on any atom is 0.248 e. The lowest BCUT2D eigenvalue weighted by Gasteiger charge is -2.35. The minimum Gasteiger partial charge on any atom is -0.366 e. The van der Waals surface area contributed by atoms with Crippen LogP contribution in [-0.2, 0) is 9.59 Å². The third-order valence-electron chi connectivity index (χ3n) is 7.34. The molecule has 3 aromatic carbocycles. The van der Waals surface area contributed by atoms with E-state index in [1.807, 2.05) is 35.2 Å². The number of hydrogen-bond acceptors (Lipinski definition) is 5. The number of rotatable bonds is 4. The summed E-state index contributed by atoms with van der Waals surface area (Å²) >= 11 is 12.4. The minimum absolute atomic E-state index is 0.176. The standard InChI is InChI=1S/C28H19Cl2N3O4/c29-16-7-10-19(20(30)13-16)25(34)24-22-21(23-18-4-2-1-3-14(18)11-12-32(23)24)27(36)33(28(22)37)17-8-5-15(6-9-17)26(31)35/h1-13,21-24H,(H2,31,35)/t21-,22+,23-,24-/m0/s1. The van der Waals surface area contributed by atoms with Gasteiger partial charge in [0.15, 0.2) is 5.78 Å². The molecule has 3 aliphatic heterocycles. The molecule has 37 heavy (non-hydrogen) atoms. The van der Waals surface area contributed by atoms with Crippen molar-refractivity contribution in [3.8, 4) is 0 Å². The molecule has 0 radical (unpaired) electrons. The van der Waals surface area contributed by atoms with E-state index in [2.05, 4.69) is 0 Å². The van der Waals surface area contributed by atoms with E-state index in [0.29, 0.717) is 10.7 Å². The molecule has 3 heterocycles. The molecule has 0 bridgehead atoms. The highest BCUT2D eigenvalue weighted by atomic mass is 35.5. The van der Waals surface area contributed by atoms with Gasteiger partial charge in [-0.05, 0) is 59.7 Å². The summed E-state index contributed by atoms with van der Waals surface area (Å²) in [6, 6.07) is 16.7. The molecule has 2 N–H and O–H groups in total. The van der Waals surface area contributed by atoms with Gasteiger partial charge in [-0.25, -0.2) is 4.90 Å². The third-order valence-corrected chi connectivity index (χ3v) is 7.88. The summed E-state index contributed by atoms with van der Waals surface area (Å²) in [6.45, 7) is 0. The number of imide groups is 1. The van der Waals surface area contributed by atoms with E-state index in [0.717, 1.165) is 16.0 Å². The zero-order chi connectivity index (χ0) is 26.0. The largest absolute Gasteiger partial charge is 0.366 e. The molecule has 0 spiro atoms. The Morgan fingerprint density at radius 3 is 2.27 bits per heavy atom. The molecule has 9 heteroatoms. The lowest BCUT2D eigenvalue weighted by Crippen LogP contribution is -2.44. The van der Waals surface area contributed by atoms with Gasteiger partial charge in [0, 0.05) is 22.3 Å². The number of carbonyl (C=O) groups excluding carboxylic acids is 4. The van der Waals surface area contributed by atoms with Crippen molar-refractivity contribution in [1.29, 1.82) is 0 Å². The highest BCUT2D eigenvalue weighted by Crippen LogP contribution is 2.54. The predicted molar refractivity (Wildman–Crippen MR) is 139 cm³/mol. The monoisotopic (exact) mass is 531 g/mol. The van der Waals surface area contributed by atoms with E-state index < -0.39 is 41.6 Å². The van der Waals surface area contributed by atoms with E-state index in [1.54, 1.807) is 18.3 Å². The van der Waals surface area contributed by atoms with Gasteiger partial charge in [-0.3, -0.25) is 19.2 Å². The maximum atomic E-state index is 14.0. The lowest BCUT2D eigenvalue weighted by molar-refractivity contribution is -0.123. The number of Topliss-reactive ketones (excluding diaryl/α,β-unsaturated/α-hetero) is 1. The quantitative estimate of drug-likeness (QED) is 0.394. The van der Waals surface area contributed by atoms with Crippen molar-refractivity contribution in [2.24, 2.45) is 17.6 Å². The van der Waals surface area contributed by atoms with Crippen LogP contribution < -0.4 is 10.6 Å². The van der Waals surface area contributed by atoms with E-state index in [1.165, 1.54) is 30.3 Å². The van der Waals surface area contributed by atoms with E-state index in [-0.39, 0.29) is 21.9 Å². The first-order valence-electron chi connectivity index (χ1n) is 11.6. The normalized spacial score (nSPS) is 23.6. The molecule has 6 rings (SSSR count). The highest BCUT2D eigenvalue weighted by Gasteiger charge is 2.64. The van der Waals surface area contributed by atoms with Gasteiger partial charge in [0.1, 0.15) is 6.04 Å². The Kier molecular flexibility index (Phi) is 5.44. The van der Waals surface area contributed by atoms with Gasteiger partial charge in [-0.15, -0.1) is 0 Å². The van der Waals surface area contributed by atoms with Crippen LogP contribution in [0.1, 0.15) is 37.9 Å². The number of benzene rings is 3. The summed E-state index contributed by atoms with van der Waals surface area (Å²) in [5.41, 5.74) is 7.93. The van der Waals surface area contributed by atoms with Crippen LogP contribution in [0.15, 0.2) is 72.9 Å². The number of nitrogens with two attached hydrogens (primary N) is 1. The van der Waals surface area contributed by atoms with Gasteiger partial charge in [0.05, 0.1) is 28.6 Å². The number of anilines is 1. The van der Waals surface area contributed by atoms with Crippen LogP contribution in [-0.4, -0.2) is 34.4 Å². The van der Waals surface area contributed by atoms with Crippen LogP contribution in [0.5, 0.6) is 0 Å². The van der Waals surface area contributed by atoms with E-state index >= 15 is 0 Å². The van der Waals surface area contributed by atoms with Gasteiger partial charge >= 0.3 is 0 Å². The number of halogens is 2. The Labute approximate surface area is 222 Å². The SMILES string of the molecule is NC(=O)c1ccc(N2C(=O)[C@@H]3[C@H](C2=O)[C@@H]2c4ccccc4C=CN2[C@@H]3C(=O)c2ccc(Cl)cc2Cl)cc1. The average Bonchev–Trinajstić information content (AvgIpc) is 3.36. The zero-order valence-electron chi connectivity index (χ0n) is 19.2. The fourth-order valence-electron chi connectivity index (χ4n) is 5.74. The first-order valence-corrected chi connectivity index (χ1v) is 12.3. The number of ketones is 1. The van der Waals surface area contributed by atoms with Crippen molar-refractivity contribution in [2.75, 3.05) is 4.90 Å². The summed E-state index contributed by atoms with van der Waals surface area (Å²) in [4.78, 5) is 56.2. The molecule has 3 amide bonds. The van der Waals surface area contributed by atoms with Gasteiger partial charge in [0.25, 0.3) is 0 Å². The van der Waals surface area contributed by atoms with Crippen LogP contribution in [0.2, 0.25) is 10.0 Å². The van der Waals surface area contributed by atoms with Gasteiger partial charge < -0.3 is 10.6 Å². The fourth-order valence-corrected chi connectivity index (χ4v) is 6.24. The molecule has 2 fully saturated rings. The summed E-state index contributed by atoms with van der Waals surface area (Å²) in [5.74, 6) is -3.60. The highest BCUT2D eigenvalue weighted by molar-refractivity contribution is 6.37. The molecule has 0 unspecified atom stereocenters. The van der Waals surface area contributed by atoms with Crippen molar-refractivity contribution in [2.45, 2.75) is 12.1 Å². The number of hydrogen-bond donors (Lipinski definition) is 1. The second-order valence-electron chi connectivity index (χ2n) is 9.24. The number of carbonyl (C=O) groups is 4. The number of primary amides is 1. The topological polar surface area (TPSA) is 101 Å². The molecule has 4 atom stereocenters. The first kappa shape index (κ1) is 23.5. The van der Waals surface area contributed by atoms with Crippen molar-refractivity contribution in [1.82, 2.24) is 4.90 Å². The Morgan fingerprint density at radius 2 is 1.57 bits per heavy atom. The summed E-state index contributed by atoms with van der Waals surface area (Å²) in [5, 5.41) is 0.558. The van der Waals surface area contributed by atoms with Crippen molar-refractivity contribution in [3.05, 3.63) is 105 Å². The molecule has 3 aromatic rings. The van der Waals surface area contributed by atoms with Crippen molar-refractivity contribution in [3.63, 3.8) is 0 Å². The van der Waals surface area contributed by atoms with Gasteiger partial charge in [-0.2, -0.15) is 0 Å². The summed E-state index contributed by atoms with van der Waals surface area (Å²) in [7, 11) is 0. The number of nitrogens with zero attached hydrogens (tertiary/aromatic N) is 2. The summed E-state index contributed by atoms with van der Waals surface area (Å²) < 4.78 is 0. The fraction of sp³-hybridized carbons (Fsp3) is 0.143. The molecular formula is C28H19Cl2N3O4. The second kappa shape index (κ2) is 8.57. The maximum absolute atomic E-state index is 14.0. The van der Waals surface area contributed by atoms with Crippen LogP contribution in [0, 0.1) is 11.8 Å². The van der Waals surface area contributed by atoms with Crippen LogP contribution in [0.4, 0.5) is 5.69 Å². The minimum atomic E-state index is -0.954. The van der Waals surface area contributed by atoms with E-state index in [4.69, 9.17) is 28.9 Å². The average molecular weight is 532 g/mol. The van der Waals surface area contributed by atoms with Crippen LogP contribution in [0.25, 0.3) is 6.08 Å². The first-order chi connectivity index (χ1) is 17.8. The molecule has 3 aliphatic rings. The van der Waals surface area contributed by atoms with Gasteiger partial charge in [0.2, 0.25) is 17.7 Å². The molecule has 0 saturated carbocycles. The van der Waals surface area contributed by atoms with Crippen molar-refractivity contribution >= 4 is 58.5 Å². The molecular weight excluding hydrogens is 513 g/mol. The Hall–Kier alpha value is -3.94. The van der Waals surface area contributed by atoms with Crippen molar-refractivity contribution < 1.29 is 19.2 Å². The van der Waals surface area contributed by atoms with Crippen LogP contribution >= 0.6 is 23.2 Å². The molecule has 2 saturated heterocycles. The Morgan fingerprint density at radius 1 is 0.865 bits per heavy atom. The third kappa shape index (κ3) is 3.49. The number of amides is 3. The molecule has 0 aliphatic carbocycles. The Balaban J connectivity index is 1.48. The molecule has 0 aromatic heterocycles. The smallest absolute Gasteiger partial charge is 0.248 e. The molecule has 7 nitrogen and oxygen atoms in total. The van der Waals surface area contributed by atoms with Crippen LogP contribution in [0.3, 0.4) is 0 Å². The summed E-state index contributed by atoms with van der Waals surface area (Å²) in [6.07, 6.45) is 3.66. The van der Waals surface area contributed by atoms with Gasteiger partial charge in [-0.1, -0.05) is 47.5 Å². The second-order valence-corrected chi connectivity index (χ2v) is 10.1.